The smallest absolute Gasteiger partial charge is 0.115 e. The molecule has 0 aliphatic heterocycles. The van der Waals surface area contributed by atoms with Crippen LogP contribution in [0.4, 0.5) is 0 Å². The molecule has 2 aromatic rings. The molecule has 2 aromatic carbocycles. The molecule has 0 heterocycles. The van der Waals surface area contributed by atoms with Gasteiger partial charge in [-0.25, -0.2) is 0 Å². The third kappa shape index (κ3) is 4.96. The average Bonchev–Trinajstić information content (AvgIpc) is 2.62. The SMILES string of the molecule is CC(O)C(O)C(O)C(O)C(C)c1ccc(Cl)c(Cc2ccc(O)cc2)c1. The standard InChI is InChI=1S/C20H25ClO5/c1-11(18(24)20(26)19(25)12(2)22)14-5-8-17(21)15(10-14)9-13-3-6-16(23)7-4-13/h3-8,10-12,18-20,22-26H,9H2,1-2H3. The van der Waals surface area contributed by atoms with Crippen LogP contribution in [-0.2, 0) is 6.42 Å². The van der Waals surface area contributed by atoms with Crippen LogP contribution in [0.2, 0.25) is 5.02 Å². The van der Waals surface area contributed by atoms with Crippen molar-refractivity contribution in [1.29, 1.82) is 0 Å². The topological polar surface area (TPSA) is 101 Å². The third-order valence-electron chi connectivity index (χ3n) is 4.63. The Bertz CT molecular complexity index is 717. The van der Waals surface area contributed by atoms with E-state index < -0.39 is 30.3 Å². The number of phenols is 1. The maximum absolute atomic E-state index is 10.4. The highest BCUT2D eigenvalue weighted by atomic mass is 35.5. The van der Waals surface area contributed by atoms with E-state index >= 15 is 0 Å². The molecule has 0 aliphatic carbocycles. The first kappa shape index (κ1) is 20.7. The van der Waals surface area contributed by atoms with E-state index in [0.29, 0.717) is 11.4 Å². The van der Waals surface area contributed by atoms with E-state index in [-0.39, 0.29) is 5.75 Å². The molecule has 2 rings (SSSR count). The van der Waals surface area contributed by atoms with Crippen LogP contribution < -0.4 is 0 Å². The van der Waals surface area contributed by atoms with Crippen LogP contribution in [0.25, 0.3) is 0 Å². The number of aliphatic hydroxyl groups excluding tert-OH is 4. The summed E-state index contributed by atoms with van der Waals surface area (Å²) in [4.78, 5) is 0. The number of benzene rings is 2. The average molecular weight is 381 g/mol. The van der Waals surface area contributed by atoms with E-state index in [0.717, 1.165) is 16.7 Å². The Morgan fingerprint density at radius 3 is 2.04 bits per heavy atom. The van der Waals surface area contributed by atoms with Gasteiger partial charge in [0.05, 0.1) is 12.2 Å². The normalized spacial score (nSPS) is 17.3. The van der Waals surface area contributed by atoms with Crippen molar-refractivity contribution < 1.29 is 25.5 Å². The number of hydrogen-bond donors (Lipinski definition) is 5. The molecule has 0 fully saturated rings. The lowest BCUT2D eigenvalue weighted by Gasteiger charge is -2.29. The Morgan fingerprint density at radius 2 is 1.46 bits per heavy atom. The summed E-state index contributed by atoms with van der Waals surface area (Å²) in [6.07, 6.45) is -4.75. The Hall–Kier alpha value is -1.63. The minimum absolute atomic E-state index is 0.191. The van der Waals surface area contributed by atoms with Gasteiger partial charge in [0.2, 0.25) is 0 Å². The summed E-state index contributed by atoms with van der Waals surface area (Å²) in [5, 5.41) is 49.5. The highest BCUT2D eigenvalue weighted by molar-refractivity contribution is 6.31. The number of aromatic hydroxyl groups is 1. The number of halogens is 1. The Balaban J connectivity index is 2.20. The van der Waals surface area contributed by atoms with Crippen molar-refractivity contribution in [1.82, 2.24) is 0 Å². The number of phenolic OH excluding ortho intramolecular Hbond substituents is 1. The van der Waals surface area contributed by atoms with Gasteiger partial charge >= 0.3 is 0 Å². The molecule has 0 saturated carbocycles. The molecule has 0 spiro atoms. The fraction of sp³-hybridized carbons (Fsp3) is 0.400. The van der Waals surface area contributed by atoms with Crippen molar-refractivity contribution in [2.45, 2.75) is 50.6 Å². The summed E-state index contributed by atoms with van der Waals surface area (Å²) in [6.45, 7) is 3.08. The maximum atomic E-state index is 10.4. The predicted molar refractivity (Wildman–Crippen MR) is 100 cm³/mol. The molecule has 0 aliphatic rings. The molecule has 0 saturated heterocycles. The Labute approximate surface area is 158 Å². The van der Waals surface area contributed by atoms with E-state index in [1.54, 1.807) is 43.3 Å². The minimum Gasteiger partial charge on any atom is -0.508 e. The van der Waals surface area contributed by atoms with Crippen LogP contribution >= 0.6 is 11.6 Å². The molecule has 5 N–H and O–H groups in total. The monoisotopic (exact) mass is 380 g/mol. The summed E-state index contributed by atoms with van der Waals surface area (Å²) in [6, 6.07) is 12.2. The summed E-state index contributed by atoms with van der Waals surface area (Å²) in [7, 11) is 0. The minimum atomic E-state index is -1.47. The second-order valence-corrected chi connectivity index (χ2v) is 7.10. The van der Waals surface area contributed by atoms with Gasteiger partial charge in [0.25, 0.3) is 0 Å². The first-order valence-corrected chi connectivity index (χ1v) is 8.87. The second-order valence-electron chi connectivity index (χ2n) is 6.70. The quantitative estimate of drug-likeness (QED) is 0.507. The van der Waals surface area contributed by atoms with Gasteiger partial charge in [0.1, 0.15) is 18.0 Å². The van der Waals surface area contributed by atoms with Crippen molar-refractivity contribution in [3.8, 4) is 5.75 Å². The van der Waals surface area contributed by atoms with Gasteiger partial charge in [-0.05, 0) is 48.2 Å². The van der Waals surface area contributed by atoms with Crippen molar-refractivity contribution in [3.63, 3.8) is 0 Å². The number of rotatable bonds is 7. The van der Waals surface area contributed by atoms with E-state index in [1.165, 1.54) is 6.92 Å². The van der Waals surface area contributed by atoms with E-state index in [9.17, 15) is 25.5 Å². The van der Waals surface area contributed by atoms with Crippen LogP contribution in [0.5, 0.6) is 5.75 Å². The van der Waals surface area contributed by atoms with E-state index in [4.69, 9.17) is 11.6 Å². The third-order valence-corrected chi connectivity index (χ3v) is 5.00. The molecule has 0 bridgehead atoms. The predicted octanol–water partition coefficient (Wildman–Crippen LogP) is 2.20. The Morgan fingerprint density at radius 1 is 0.846 bits per heavy atom. The zero-order chi connectivity index (χ0) is 19.4. The molecule has 0 amide bonds. The Kier molecular flexibility index (Phi) is 7.03. The highest BCUT2D eigenvalue weighted by Gasteiger charge is 2.32. The molecule has 26 heavy (non-hydrogen) atoms. The molecular formula is C20H25ClO5. The summed E-state index contributed by atoms with van der Waals surface area (Å²) >= 11 is 6.28. The van der Waals surface area contributed by atoms with Crippen LogP contribution in [0.1, 0.15) is 36.5 Å². The highest BCUT2D eigenvalue weighted by Crippen LogP contribution is 2.28. The number of aliphatic hydroxyl groups is 4. The van der Waals surface area contributed by atoms with E-state index in [2.05, 4.69) is 0 Å². The van der Waals surface area contributed by atoms with Gasteiger partial charge < -0.3 is 25.5 Å². The molecule has 5 unspecified atom stereocenters. The van der Waals surface area contributed by atoms with Gasteiger partial charge in [-0.1, -0.05) is 42.8 Å². The number of hydrogen-bond acceptors (Lipinski definition) is 5. The molecule has 0 radical (unpaired) electrons. The summed E-state index contributed by atoms with van der Waals surface area (Å²) in [5.41, 5.74) is 2.58. The lowest BCUT2D eigenvalue weighted by Crippen LogP contribution is -2.45. The van der Waals surface area contributed by atoms with Crippen LogP contribution in [0.15, 0.2) is 42.5 Å². The van der Waals surface area contributed by atoms with Crippen molar-refractivity contribution in [3.05, 3.63) is 64.2 Å². The van der Waals surface area contributed by atoms with Gasteiger partial charge in [-0.15, -0.1) is 0 Å². The van der Waals surface area contributed by atoms with Crippen LogP contribution in [-0.4, -0.2) is 49.9 Å². The van der Waals surface area contributed by atoms with Gasteiger partial charge in [-0.3, -0.25) is 0 Å². The molecular weight excluding hydrogens is 356 g/mol. The zero-order valence-electron chi connectivity index (χ0n) is 14.7. The first-order chi connectivity index (χ1) is 12.2. The fourth-order valence-corrected chi connectivity index (χ4v) is 3.01. The van der Waals surface area contributed by atoms with Gasteiger partial charge in [-0.2, -0.15) is 0 Å². The molecule has 142 valence electrons. The lowest BCUT2D eigenvalue weighted by molar-refractivity contribution is -0.105. The van der Waals surface area contributed by atoms with Gasteiger partial charge in [0.15, 0.2) is 0 Å². The zero-order valence-corrected chi connectivity index (χ0v) is 15.5. The van der Waals surface area contributed by atoms with Crippen molar-refractivity contribution in [2.75, 3.05) is 0 Å². The largest absolute Gasteiger partial charge is 0.508 e. The van der Waals surface area contributed by atoms with Crippen LogP contribution in [0.3, 0.4) is 0 Å². The van der Waals surface area contributed by atoms with Crippen molar-refractivity contribution >= 4 is 11.6 Å². The first-order valence-electron chi connectivity index (χ1n) is 8.49. The summed E-state index contributed by atoms with van der Waals surface area (Å²) < 4.78 is 0. The van der Waals surface area contributed by atoms with Crippen molar-refractivity contribution in [2.24, 2.45) is 0 Å². The van der Waals surface area contributed by atoms with Crippen LogP contribution in [0, 0.1) is 0 Å². The fourth-order valence-electron chi connectivity index (χ4n) is 2.83. The lowest BCUT2D eigenvalue weighted by atomic mass is 9.87. The van der Waals surface area contributed by atoms with Gasteiger partial charge in [0, 0.05) is 10.9 Å². The summed E-state index contributed by atoms with van der Waals surface area (Å²) in [5.74, 6) is -0.287. The van der Waals surface area contributed by atoms with E-state index in [1.807, 2.05) is 6.07 Å². The second kappa shape index (κ2) is 8.84. The molecule has 0 aromatic heterocycles. The molecule has 5 atom stereocenters. The molecule has 6 heteroatoms. The maximum Gasteiger partial charge on any atom is 0.115 e. The molecule has 5 nitrogen and oxygen atoms in total.